The molecule has 1 aliphatic rings. The summed E-state index contributed by atoms with van der Waals surface area (Å²) in [5.74, 6) is -0.879. The molecule has 31 heavy (non-hydrogen) atoms. The van der Waals surface area contributed by atoms with Crippen LogP contribution in [0.2, 0.25) is 0 Å². The van der Waals surface area contributed by atoms with Crippen molar-refractivity contribution >= 4 is 11.5 Å². The molecule has 3 rings (SSSR count). The standard InChI is InChI=1S/C26H33NO3.ClH/c1-3-20-10-5-7-13-23(20)25(24-14-8-6-11-21(24)4-2)19-30-17-16-27-15-9-12-22(18-27)26(28)29;/h5-8,10-11,13-14,19,22H,3-4,9,12,15-18H2,1-2H3,(H,28,29);1H/t22-;/m1./s1. The predicted octanol–water partition coefficient (Wildman–Crippen LogP) is 0.601. The van der Waals surface area contributed by atoms with E-state index in [4.69, 9.17) is 4.74 Å². The zero-order chi connectivity index (χ0) is 21.3. The van der Waals surface area contributed by atoms with Crippen molar-refractivity contribution in [3.05, 3.63) is 77.0 Å². The van der Waals surface area contributed by atoms with Crippen LogP contribution in [0.25, 0.3) is 5.57 Å². The highest BCUT2D eigenvalue weighted by atomic mass is 35.5. The number of carbonyl (C=O) groups is 1. The molecular formula is C26H34ClNO3. The Kier molecular flexibility index (Phi) is 10.1. The first-order valence-corrected chi connectivity index (χ1v) is 11.2. The second-order valence-electron chi connectivity index (χ2n) is 8.06. The molecule has 1 aliphatic heterocycles. The molecule has 1 fully saturated rings. The number of rotatable bonds is 9. The van der Waals surface area contributed by atoms with Crippen molar-refractivity contribution in [2.45, 2.75) is 39.5 Å². The lowest BCUT2D eigenvalue weighted by atomic mass is 9.90. The summed E-state index contributed by atoms with van der Waals surface area (Å²) in [5, 5.41) is 9.30. The van der Waals surface area contributed by atoms with E-state index in [0.717, 1.165) is 44.3 Å². The molecule has 168 valence electrons. The molecule has 2 aromatic carbocycles. The van der Waals surface area contributed by atoms with Gasteiger partial charge in [0.15, 0.2) is 0 Å². The van der Waals surface area contributed by atoms with E-state index < -0.39 is 5.97 Å². The molecule has 0 radical (unpaired) electrons. The normalized spacial score (nSPS) is 18.0. The van der Waals surface area contributed by atoms with Crippen molar-refractivity contribution in [2.75, 3.05) is 26.2 Å². The fourth-order valence-electron chi connectivity index (χ4n) is 4.39. The van der Waals surface area contributed by atoms with E-state index in [1.54, 1.807) is 0 Å². The van der Waals surface area contributed by atoms with Crippen LogP contribution in [0, 0.1) is 5.92 Å². The van der Waals surface area contributed by atoms with E-state index in [1.165, 1.54) is 27.2 Å². The molecular weight excluding hydrogens is 410 g/mol. The molecule has 0 amide bonds. The van der Waals surface area contributed by atoms with Gasteiger partial charge in [-0.1, -0.05) is 62.4 Å². The van der Waals surface area contributed by atoms with Gasteiger partial charge in [0.05, 0.1) is 19.4 Å². The maximum absolute atomic E-state index is 11.3. The second-order valence-corrected chi connectivity index (χ2v) is 8.06. The minimum Gasteiger partial charge on any atom is -1.00 e. The number of ether oxygens (including phenoxy) is 1. The molecule has 2 N–H and O–H groups in total. The van der Waals surface area contributed by atoms with Crippen LogP contribution in [0.15, 0.2) is 54.8 Å². The van der Waals surface area contributed by atoms with E-state index in [1.807, 2.05) is 6.26 Å². The Morgan fingerprint density at radius 2 is 1.65 bits per heavy atom. The van der Waals surface area contributed by atoms with Crippen LogP contribution in [0.5, 0.6) is 0 Å². The van der Waals surface area contributed by atoms with E-state index in [2.05, 4.69) is 62.4 Å². The summed E-state index contributed by atoms with van der Waals surface area (Å²) >= 11 is 0. The van der Waals surface area contributed by atoms with Gasteiger partial charge in [-0.15, -0.1) is 0 Å². The fourth-order valence-corrected chi connectivity index (χ4v) is 4.39. The molecule has 0 spiro atoms. The molecule has 0 aromatic heterocycles. The van der Waals surface area contributed by atoms with Crippen LogP contribution in [0.1, 0.15) is 48.9 Å². The van der Waals surface area contributed by atoms with Gasteiger partial charge in [0.1, 0.15) is 19.1 Å². The molecule has 0 saturated carbocycles. The number of hydrogen-bond donors (Lipinski definition) is 2. The first-order valence-electron chi connectivity index (χ1n) is 11.2. The highest BCUT2D eigenvalue weighted by Crippen LogP contribution is 2.29. The van der Waals surface area contributed by atoms with Crippen molar-refractivity contribution in [3.8, 4) is 0 Å². The molecule has 1 unspecified atom stereocenters. The first kappa shape index (κ1) is 25.0. The number of likely N-dealkylation sites (tertiary alicyclic amines) is 1. The molecule has 5 heteroatoms. The van der Waals surface area contributed by atoms with Crippen molar-refractivity contribution in [1.82, 2.24) is 0 Å². The summed E-state index contributed by atoms with van der Waals surface area (Å²) in [6, 6.07) is 17.1. The third-order valence-electron chi connectivity index (χ3n) is 6.12. The number of hydrogen-bond acceptors (Lipinski definition) is 2. The minimum atomic E-state index is -0.664. The number of aliphatic carboxylic acids is 1. The number of nitrogens with one attached hydrogen (secondary N) is 1. The van der Waals surface area contributed by atoms with Crippen LogP contribution < -0.4 is 17.3 Å². The summed E-state index contributed by atoms with van der Waals surface area (Å²) in [4.78, 5) is 12.6. The maximum atomic E-state index is 11.3. The monoisotopic (exact) mass is 443 g/mol. The molecule has 0 bridgehead atoms. The van der Waals surface area contributed by atoms with Gasteiger partial charge in [-0.25, -0.2) is 0 Å². The summed E-state index contributed by atoms with van der Waals surface area (Å²) in [7, 11) is 0. The second kappa shape index (κ2) is 12.5. The van der Waals surface area contributed by atoms with Crippen LogP contribution >= 0.6 is 0 Å². The number of aryl methyl sites for hydroxylation is 2. The molecule has 0 aliphatic carbocycles. The van der Waals surface area contributed by atoms with Crippen LogP contribution in [0.3, 0.4) is 0 Å². The summed E-state index contributed by atoms with van der Waals surface area (Å²) in [6.45, 7) is 7.52. The third-order valence-corrected chi connectivity index (χ3v) is 6.12. The average molecular weight is 444 g/mol. The number of benzene rings is 2. The fraction of sp³-hybridized carbons (Fsp3) is 0.423. The Labute approximate surface area is 192 Å². The quantitative estimate of drug-likeness (QED) is 0.441. The largest absolute Gasteiger partial charge is 1.00 e. The Hall–Kier alpha value is -2.30. The lowest BCUT2D eigenvalue weighted by molar-refractivity contribution is -0.907. The highest BCUT2D eigenvalue weighted by molar-refractivity contribution is 5.82. The first-order chi connectivity index (χ1) is 14.6. The number of carboxylic acids is 1. The van der Waals surface area contributed by atoms with E-state index in [9.17, 15) is 9.90 Å². The van der Waals surface area contributed by atoms with E-state index >= 15 is 0 Å². The third kappa shape index (κ3) is 6.59. The van der Waals surface area contributed by atoms with E-state index in [-0.39, 0.29) is 18.3 Å². The van der Waals surface area contributed by atoms with Crippen LogP contribution in [-0.4, -0.2) is 37.3 Å². The van der Waals surface area contributed by atoms with Crippen molar-refractivity contribution in [2.24, 2.45) is 5.92 Å². The average Bonchev–Trinajstić information content (AvgIpc) is 2.79. The Balaban J connectivity index is 0.00000341. The minimum absolute atomic E-state index is 0. The van der Waals surface area contributed by atoms with Crippen molar-refractivity contribution in [3.63, 3.8) is 0 Å². The Morgan fingerprint density at radius 1 is 1.06 bits per heavy atom. The molecule has 2 aromatic rings. The van der Waals surface area contributed by atoms with Crippen LogP contribution in [0.4, 0.5) is 0 Å². The summed E-state index contributed by atoms with van der Waals surface area (Å²) < 4.78 is 6.07. The lowest BCUT2D eigenvalue weighted by Crippen LogP contribution is -3.14. The number of halogens is 1. The van der Waals surface area contributed by atoms with Crippen molar-refractivity contribution < 1.29 is 31.9 Å². The van der Waals surface area contributed by atoms with Gasteiger partial charge < -0.3 is 27.2 Å². The summed E-state index contributed by atoms with van der Waals surface area (Å²) in [6.07, 6.45) is 5.63. The Morgan fingerprint density at radius 3 is 2.19 bits per heavy atom. The SMILES string of the molecule is CCc1ccccc1C(=COCC[NH+]1CCC[C@@H](C(=O)O)C1)c1ccccc1CC.[Cl-]. The van der Waals surface area contributed by atoms with Gasteiger partial charge >= 0.3 is 5.97 Å². The molecule has 1 saturated heterocycles. The lowest BCUT2D eigenvalue weighted by Gasteiger charge is -2.27. The predicted molar refractivity (Wildman–Crippen MR) is 121 cm³/mol. The van der Waals surface area contributed by atoms with E-state index in [0.29, 0.717) is 13.2 Å². The van der Waals surface area contributed by atoms with Gasteiger partial charge in [-0.05, 0) is 47.9 Å². The number of piperidine rings is 1. The molecule has 1 heterocycles. The number of carboxylic acid groups (broad SMARTS) is 1. The summed E-state index contributed by atoms with van der Waals surface area (Å²) in [5.41, 5.74) is 6.18. The zero-order valence-electron chi connectivity index (χ0n) is 18.6. The van der Waals surface area contributed by atoms with Gasteiger partial charge in [0.25, 0.3) is 0 Å². The molecule has 4 nitrogen and oxygen atoms in total. The van der Waals surface area contributed by atoms with Gasteiger partial charge in [0.2, 0.25) is 0 Å². The maximum Gasteiger partial charge on any atom is 0.312 e. The van der Waals surface area contributed by atoms with Gasteiger partial charge in [0, 0.05) is 5.57 Å². The van der Waals surface area contributed by atoms with Crippen molar-refractivity contribution in [1.29, 1.82) is 0 Å². The van der Waals surface area contributed by atoms with Gasteiger partial charge in [-0.3, -0.25) is 4.79 Å². The highest BCUT2D eigenvalue weighted by Gasteiger charge is 2.28. The number of quaternary nitrogens is 1. The topological polar surface area (TPSA) is 51.0 Å². The smallest absolute Gasteiger partial charge is 0.312 e. The Bertz CT molecular complexity index is 831. The van der Waals surface area contributed by atoms with Crippen LogP contribution in [-0.2, 0) is 22.4 Å². The van der Waals surface area contributed by atoms with Gasteiger partial charge in [-0.2, -0.15) is 0 Å². The zero-order valence-corrected chi connectivity index (χ0v) is 19.3. The molecule has 2 atom stereocenters.